The molecule has 0 unspecified atom stereocenters. The van der Waals surface area contributed by atoms with Crippen LogP contribution in [-0.4, -0.2) is 19.9 Å². The monoisotopic (exact) mass is 413 g/mol. The first-order valence-corrected chi connectivity index (χ1v) is 9.49. The third-order valence-corrected chi connectivity index (χ3v) is 4.37. The van der Waals surface area contributed by atoms with Crippen molar-refractivity contribution >= 4 is 23.5 Å². The van der Waals surface area contributed by atoms with Gasteiger partial charge in [0, 0.05) is 11.8 Å². The van der Waals surface area contributed by atoms with E-state index in [0.29, 0.717) is 28.7 Å². The molecular formula is C23H21ClFNO3. The molecule has 6 heteroatoms. The largest absolute Gasteiger partial charge is 0.494 e. The molecule has 0 fully saturated rings. The van der Waals surface area contributed by atoms with Gasteiger partial charge in [0.15, 0.2) is 11.5 Å². The van der Waals surface area contributed by atoms with E-state index in [0.717, 1.165) is 17.0 Å². The van der Waals surface area contributed by atoms with Gasteiger partial charge < -0.3 is 14.2 Å². The Morgan fingerprint density at radius 2 is 1.79 bits per heavy atom. The molecule has 0 bridgehead atoms. The van der Waals surface area contributed by atoms with Crippen molar-refractivity contribution in [3.05, 3.63) is 82.6 Å². The second-order valence-corrected chi connectivity index (χ2v) is 6.51. The highest BCUT2D eigenvalue weighted by Gasteiger charge is 2.13. The quantitative estimate of drug-likeness (QED) is 0.412. The molecular weight excluding hydrogens is 393 g/mol. The van der Waals surface area contributed by atoms with Crippen LogP contribution in [0.3, 0.4) is 0 Å². The highest BCUT2D eigenvalue weighted by Crippen LogP contribution is 2.37. The van der Waals surface area contributed by atoms with Crippen molar-refractivity contribution < 1.29 is 18.6 Å². The summed E-state index contributed by atoms with van der Waals surface area (Å²) in [5, 5.41) is 0.355. The van der Waals surface area contributed by atoms with Crippen molar-refractivity contribution in [3.8, 4) is 17.2 Å². The van der Waals surface area contributed by atoms with E-state index in [-0.39, 0.29) is 12.4 Å². The zero-order chi connectivity index (χ0) is 20.6. The number of nitrogens with zero attached hydrogens (tertiary/aromatic N) is 1. The van der Waals surface area contributed by atoms with Gasteiger partial charge in [-0.15, -0.1) is 0 Å². The molecule has 0 saturated carbocycles. The first kappa shape index (κ1) is 20.7. The minimum absolute atomic E-state index is 0.0440. The number of halogens is 2. The molecule has 0 saturated heterocycles. The molecule has 0 spiro atoms. The highest BCUT2D eigenvalue weighted by atomic mass is 35.5. The molecule has 0 aliphatic heterocycles. The minimum atomic E-state index is -0.332. The van der Waals surface area contributed by atoms with Crippen LogP contribution < -0.4 is 14.2 Å². The van der Waals surface area contributed by atoms with Crippen LogP contribution in [0.5, 0.6) is 17.2 Å². The van der Waals surface area contributed by atoms with Gasteiger partial charge in [0.25, 0.3) is 0 Å². The van der Waals surface area contributed by atoms with Gasteiger partial charge in [0.2, 0.25) is 0 Å². The minimum Gasteiger partial charge on any atom is -0.494 e. The van der Waals surface area contributed by atoms with Crippen molar-refractivity contribution in [1.29, 1.82) is 0 Å². The average Bonchev–Trinajstić information content (AvgIpc) is 2.73. The van der Waals surface area contributed by atoms with E-state index in [9.17, 15) is 4.39 Å². The lowest BCUT2D eigenvalue weighted by Crippen LogP contribution is -2.01. The molecule has 0 aromatic heterocycles. The summed E-state index contributed by atoms with van der Waals surface area (Å²) in [4.78, 5) is 4.44. The van der Waals surface area contributed by atoms with E-state index in [1.54, 1.807) is 36.5 Å². The van der Waals surface area contributed by atoms with Crippen molar-refractivity contribution in [1.82, 2.24) is 0 Å². The van der Waals surface area contributed by atoms with Gasteiger partial charge in [0.05, 0.1) is 24.4 Å². The summed E-state index contributed by atoms with van der Waals surface area (Å²) in [5.74, 6) is 1.27. The molecule has 0 aliphatic rings. The SMILES string of the molecule is CCOc1ccc(N=Cc2cc(Cl)c(OCc3ccccc3F)c(OC)c2)cc1. The number of ether oxygens (including phenoxy) is 3. The fraction of sp³-hybridized carbons (Fsp3) is 0.174. The lowest BCUT2D eigenvalue weighted by Gasteiger charge is -2.13. The fourth-order valence-corrected chi connectivity index (χ4v) is 2.94. The number of aliphatic imine (C=N–C) groups is 1. The molecule has 0 atom stereocenters. The number of benzene rings is 3. The Bertz CT molecular complexity index is 990. The third-order valence-electron chi connectivity index (χ3n) is 4.09. The molecule has 0 aliphatic carbocycles. The average molecular weight is 414 g/mol. The summed E-state index contributed by atoms with van der Waals surface area (Å²) in [5.41, 5.74) is 1.97. The van der Waals surface area contributed by atoms with Gasteiger partial charge in [-0.1, -0.05) is 29.8 Å². The van der Waals surface area contributed by atoms with Gasteiger partial charge in [-0.2, -0.15) is 0 Å². The first-order chi connectivity index (χ1) is 14.1. The molecule has 3 aromatic carbocycles. The predicted octanol–water partition coefficient (Wildman–Crippen LogP) is 6.22. The van der Waals surface area contributed by atoms with Gasteiger partial charge in [0.1, 0.15) is 18.2 Å². The van der Waals surface area contributed by atoms with E-state index in [1.807, 2.05) is 31.2 Å². The van der Waals surface area contributed by atoms with Gasteiger partial charge in [-0.25, -0.2) is 4.39 Å². The molecule has 150 valence electrons. The van der Waals surface area contributed by atoms with Gasteiger partial charge in [-0.3, -0.25) is 4.99 Å². The van der Waals surface area contributed by atoms with E-state index in [2.05, 4.69) is 4.99 Å². The van der Waals surface area contributed by atoms with Crippen LogP contribution in [0.15, 0.2) is 65.7 Å². The van der Waals surface area contributed by atoms with Crippen LogP contribution in [0.2, 0.25) is 5.02 Å². The normalized spacial score (nSPS) is 10.9. The molecule has 0 heterocycles. The van der Waals surface area contributed by atoms with Crippen LogP contribution in [0.25, 0.3) is 0 Å². The molecule has 4 nitrogen and oxygen atoms in total. The Morgan fingerprint density at radius 1 is 1.03 bits per heavy atom. The summed E-state index contributed by atoms with van der Waals surface area (Å²) in [6, 6.07) is 17.4. The molecule has 0 radical (unpaired) electrons. The van der Waals surface area contributed by atoms with Gasteiger partial charge >= 0.3 is 0 Å². The van der Waals surface area contributed by atoms with E-state index in [4.69, 9.17) is 25.8 Å². The predicted molar refractivity (Wildman–Crippen MR) is 114 cm³/mol. The highest BCUT2D eigenvalue weighted by molar-refractivity contribution is 6.32. The maximum Gasteiger partial charge on any atom is 0.180 e. The van der Waals surface area contributed by atoms with Crippen LogP contribution >= 0.6 is 11.6 Å². The van der Waals surface area contributed by atoms with Crippen molar-refractivity contribution in [3.63, 3.8) is 0 Å². The van der Waals surface area contributed by atoms with Crippen molar-refractivity contribution in [2.75, 3.05) is 13.7 Å². The maximum atomic E-state index is 13.8. The Labute approximate surface area is 174 Å². The molecule has 0 amide bonds. The van der Waals surface area contributed by atoms with Crippen LogP contribution in [0.4, 0.5) is 10.1 Å². The number of rotatable bonds is 8. The zero-order valence-electron chi connectivity index (χ0n) is 16.2. The Hall–Kier alpha value is -3.05. The Morgan fingerprint density at radius 3 is 2.48 bits per heavy atom. The van der Waals surface area contributed by atoms with Crippen LogP contribution in [0, 0.1) is 5.82 Å². The molecule has 3 rings (SSSR count). The summed E-state index contributed by atoms with van der Waals surface area (Å²) in [6.45, 7) is 2.60. The summed E-state index contributed by atoms with van der Waals surface area (Å²) in [6.07, 6.45) is 1.69. The first-order valence-electron chi connectivity index (χ1n) is 9.11. The second kappa shape index (κ2) is 9.94. The number of methoxy groups -OCH3 is 1. The number of hydrogen-bond acceptors (Lipinski definition) is 4. The molecule has 0 N–H and O–H groups in total. The maximum absolute atomic E-state index is 13.8. The van der Waals surface area contributed by atoms with E-state index < -0.39 is 0 Å². The van der Waals surface area contributed by atoms with Crippen LogP contribution in [-0.2, 0) is 6.61 Å². The summed E-state index contributed by atoms with van der Waals surface area (Å²) >= 11 is 6.38. The van der Waals surface area contributed by atoms with E-state index in [1.165, 1.54) is 13.2 Å². The lowest BCUT2D eigenvalue weighted by molar-refractivity contribution is 0.280. The second-order valence-electron chi connectivity index (χ2n) is 6.10. The standard InChI is InChI=1S/C23H21ClFNO3/c1-3-28-19-10-8-18(9-11-19)26-14-16-12-20(24)23(22(13-16)27-2)29-15-17-6-4-5-7-21(17)25/h4-14H,3,15H2,1-2H3. The fourth-order valence-electron chi connectivity index (χ4n) is 2.66. The smallest absolute Gasteiger partial charge is 0.180 e. The zero-order valence-corrected chi connectivity index (χ0v) is 16.9. The Kier molecular flexibility index (Phi) is 7.09. The Balaban J connectivity index is 1.76. The van der Waals surface area contributed by atoms with Crippen molar-refractivity contribution in [2.45, 2.75) is 13.5 Å². The van der Waals surface area contributed by atoms with Gasteiger partial charge in [-0.05, 0) is 55.0 Å². The number of hydrogen-bond donors (Lipinski definition) is 0. The summed E-state index contributed by atoms with van der Waals surface area (Å²) in [7, 11) is 1.52. The third kappa shape index (κ3) is 5.48. The summed E-state index contributed by atoms with van der Waals surface area (Å²) < 4.78 is 30.3. The molecule has 3 aromatic rings. The lowest BCUT2D eigenvalue weighted by atomic mass is 10.2. The van der Waals surface area contributed by atoms with Crippen molar-refractivity contribution in [2.24, 2.45) is 4.99 Å². The van der Waals surface area contributed by atoms with Crippen LogP contribution in [0.1, 0.15) is 18.1 Å². The van der Waals surface area contributed by atoms with E-state index >= 15 is 0 Å². The molecule has 29 heavy (non-hydrogen) atoms. The topological polar surface area (TPSA) is 40.0 Å².